The van der Waals surface area contributed by atoms with Crippen LogP contribution in [0.3, 0.4) is 0 Å². The molecule has 13 nitrogen and oxygen atoms in total. The van der Waals surface area contributed by atoms with Gasteiger partial charge in [0.15, 0.2) is 12.6 Å². The summed E-state index contributed by atoms with van der Waals surface area (Å²) < 4.78 is 21.9. The van der Waals surface area contributed by atoms with Crippen LogP contribution in [0.1, 0.15) is 6.92 Å². The molecule has 0 aliphatic carbocycles. The minimum absolute atomic E-state index is 0.166. The SMILES string of the molecule is C[C@H]1O[C@H](O[C@H]2[C@H](O)[C@@H](O)[C@@H](O[C@@H]3CN[C@H](CO)[C@H]3O)O[C@@H]2CO)[C@H](O)[C@@H](O)[C@@H]1O. The second kappa shape index (κ2) is 9.95. The van der Waals surface area contributed by atoms with Crippen molar-refractivity contribution in [2.24, 2.45) is 0 Å². The lowest BCUT2D eigenvalue weighted by atomic mass is 9.97. The van der Waals surface area contributed by atoms with Gasteiger partial charge in [0.05, 0.1) is 31.5 Å². The van der Waals surface area contributed by atoms with Crippen LogP contribution >= 0.6 is 0 Å². The second-order valence-corrected chi connectivity index (χ2v) is 7.85. The Hall–Kier alpha value is -0.520. The fourth-order valence-electron chi connectivity index (χ4n) is 3.86. The van der Waals surface area contributed by atoms with Gasteiger partial charge in [-0.3, -0.25) is 0 Å². The van der Waals surface area contributed by atoms with E-state index in [9.17, 15) is 40.9 Å². The van der Waals surface area contributed by atoms with Crippen LogP contribution in [0, 0.1) is 0 Å². The molecule has 0 unspecified atom stereocenters. The van der Waals surface area contributed by atoms with E-state index >= 15 is 0 Å². The molecule has 0 aromatic rings. The molecule has 3 saturated heterocycles. The molecule has 9 N–H and O–H groups in total. The van der Waals surface area contributed by atoms with Gasteiger partial charge in [0, 0.05) is 6.54 Å². The van der Waals surface area contributed by atoms with E-state index in [1.54, 1.807) is 0 Å². The van der Waals surface area contributed by atoms with Gasteiger partial charge < -0.3 is 65.1 Å². The van der Waals surface area contributed by atoms with Crippen LogP contribution in [0.15, 0.2) is 0 Å². The van der Waals surface area contributed by atoms with Crippen LogP contribution in [-0.2, 0) is 18.9 Å². The first-order chi connectivity index (χ1) is 14.2. The number of ether oxygens (including phenoxy) is 4. The Kier molecular flexibility index (Phi) is 8.01. The Morgan fingerprint density at radius 1 is 0.767 bits per heavy atom. The highest BCUT2D eigenvalue weighted by Gasteiger charge is 2.51. The summed E-state index contributed by atoms with van der Waals surface area (Å²) in [6.45, 7) is 0.643. The molecule has 176 valence electrons. The van der Waals surface area contributed by atoms with E-state index in [1.807, 2.05) is 0 Å². The minimum Gasteiger partial charge on any atom is -0.395 e. The van der Waals surface area contributed by atoms with Gasteiger partial charge in [-0.25, -0.2) is 0 Å². The number of aliphatic hydroxyl groups excluding tert-OH is 8. The number of aliphatic hydroxyl groups is 8. The predicted octanol–water partition coefficient (Wildman–Crippen LogP) is -5.65. The number of nitrogens with one attached hydrogen (secondary N) is 1. The van der Waals surface area contributed by atoms with Crippen molar-refractivity contribution in [3.63, 3.8) is 0 Å². The van der Waals surface area contributed by atoms with E-state index in [2.05, 4.69) is 5.32 Å². The van der Waals surface area contributed by atoms with E-state index in [-0.39, 0.29) is 13.2 Å². The molecule has 13 heteroatoms. The van der Waals surface area contributed by atoms with Gasteiger partial charge in [-0.05, 0) is 6.92 Å². The van der Waals surface area contributed by atoms with Gasteiger partial charge in [-0.2, -0.15) is 0 Å². The molecule has 30 heavy (non-hydrogen) atoms. The fourth-order valence-corrected chi connectivity index (χ4v) is 3.86. The van der Waals surface area contributed by atoms with Crippen LogP contribution in [0.4, 0.5) is 0 Å². The molecule has 0 spiro atoms. The van der Waals surface area contributed by atoms with Crippen molar-refractivity contribution in [3.8, 4) is 0 Å². The maximum Gasteiger partial charge on any atom is 0.187 e. The van der Waals surface area contributed by atoms with Gasteiger partial charge in [0.25, 0.3) is 0 Å². The highest BCUT2D eigenvalue weighted by Crippen LogP contribution is 2.30. The number of hydrogen-bond donors (Lipinski definition) is 9. The zero-order valence-corrected chi connectivity index (χ0v) is 16.3. The molecule has 3 heterocycles. The molecule has 0 aromatic carbocycles. The minimum atomic E-state index is -1.65. The van der Waals surface area contributed by atoms with Crippen molar-refractivity contribution < 1.29 is 59.8 Å². The van der Waals surface area contributed by atoms with E-state index in [0.717, 1.165) is 0 Å². The van der Waals surface area contributed by atoms with E-state index < -0.39 is 86.3 Å². The normalized spacial score (nSPS) is 52.5. The summed E-state index contributed by atoms with van der Waals surface area (Å²) >= 11 is 0. The van der Waals surface area contributed by atoms with E-state index in [1.165, 1.54) is 6.92 Å². The molecular formula is C17H31NO12. The van der Waals surface area contributed by atoms with Gasteiger partial charge in [-0.15, -0.1) is 0 Å². The highest BCUT2D eigenvalue weighted by molar-refractivity contribution is 4.96. The average molecular weight is 441 g/mol. The molecule has 0 aromatic heterocycles. The first-order valence-electron chi connectivity index (χ1n) is 9.84. The molecule has 0 saturated carbocycles. The molecule has 0 amide bonds. The summed E-state index contributed by atoms with van der Waals surface area (Å²) in [7, 11) is 0. The molecule has 13 atom stereocenters. The predicted molar refractivity (Wildman–Crippen MR) is 94.7 cm³/mol. The van der Waals surface area contributed by atoms with Crippen molar-refractivity contribution in [2.75, 3.05) is 19.8 Å². The standard InChI is InChI=1S/C17H31NO12/c1-5-9(21)11(23)13(25)16(27-5)30-15-8(4-20)29-17(14(26)12(15)24)28-7-2-18-6(3-19)10(7)22/h5-26H,2-4H2,1H3/t5-,6-,7-,8-,9-,10-,11+,12-,13-,14-,15-,16-,17+/m1/s1. The summed E-state index contributed by atoms with van der Waals surface area (Å²) in [5.74, 6) is 0. The smallest absolute Gasteiger partial charge is 0.187 e. The monoisotopic (exact) mass is 441 g/mol. The Bertz CT molecular complexity index is 555. The quantitative estimate of drug-likeness (QED) is 0.188. The van der Waals surface area contributed by atoms with Crippen molar-refractivity contribution in [3.05, 3.63) is 0 Å². The molecule has 0 bridgehead atoms. The Morgan fingerprint density at radius 2 is 1.40 bits per heavy atom. The lowest BCUT2D eigenvalue weighted by Gasteiger charge is -2.46. The highest BCUT2D eigenvalue weighted by atomic mass is 16.7. The van der Waals surface area contributed by atoms with Crippen LogP contribution in [0.25, 0.3) is 0 Å². The van der Waals surface area contributed by atoms with Crippen molar-refractivity contribution >= 4 is 0 Å². The summed E-state index contributed by atoms with van der Waals surface area (Å²) in [5, 5.41) is 82.5. The molecule has 3 rings (SSSR count). The van der Waals surface area contributed by atoms with Gasteiger partial charge in [-0.1, -0.05) is 0 Å². The van der Waals surface area contributed by atoms with Crippen LogP contribution in [-0.4, -0.2) is 140 Å². The van der Waals surface area contributed by atoms with Crippen LogP contribution < -0.4 is 5.32 Å². The largest absolute Gasteiger partial charge is 0.395 e. The molecule has 3 aliphatic rings. The Morgan fingerprint density at radius 3 is 2.00 bits per heavy atom. The van der Waals surface area contributed by atoms with E-state index in [0.29, 0.717) is 0 Å². The molecular weight excluding hydrogens is 410 g/mol. The van der Waals surface area contributed by atoms with Crippen LogP contribution in [0.2, 0.25) is 0 Å². The maximum absolute atomic E-state index is 10.5. The van der Waals surface area contributed by atoms with Gasteiger partial charge in [0.1, 0.15) is 48.8 Å². The first-order valence-corrected chi connectivity index (χ1v) is 9.84. The van der Waals surface area contributed by atoms with Gasteiger partial charge in [0.2, 0.25) is 0 Å². The lowest BCUT2D eigenvalue weighted by molar-refractivity contribution is -0.361. The zero-order valence-electron chi connectivity index (χ0n) is 16.3. The summed E-state index contributed by atoms with van der Waals surface area (Å²) in [6, 6.07) is -0.612. The summed E-state index contributed by atoms with van der Waals surface area (Å²) in [6.07, 6.45) is -16.1. The average Bonchev–Trinajstić information content (AvgIpc) is 3.08. The first kappa shape index (κ1) is 24.1. The fraction of sp³-hybridized carbons (Fsp3) is 1.00. The van der Waals surface area contributed by atoms with Crippen molar-refractivity contribution in [1.82, 2.24) is 5.32 Å². The Labute approximate surface area is 172 Å². The molecule has 0 radical (unpaired) electrons. The third-order valence-electron chi connectivity index (χ3n) is 5.80. The molecule has 3 fully saturated rings. The van der Waals surface area contributed by atoms with Crippen molar-refractivity contribution in [1.29, 1.82) is 0 Å². The molecule has 3 aliphatic heterocycles. The summed E-state index contributed by atoms with van der Waals surface area (Å²) in [5.41, 5.74) is 0. The lowest BCUT2D eigenvalue weighted by Crippen LogP contribution is -2.64. The van der Waals surface area contributed by atoms with Gasteiger partial charge >= 0.3 is 0 Å². The maximum atomic E-state index is 10.5. The summed E-state index contributed by atoms with van der Waals surface area (Å²) in [4.78, 5) is 0. The van der Waals surface area contributed by atoms with Crippen molar-refractivity contribution in [2.45, 2.75) is 86.6 Å². The van der Waals surface area contributed by atoms with E-state index in [4.69, 9.17) is 18.9 Å². The third-order valence-corrected chi connectivity index (χ3v) is 5.80. The second-order valence-electron chi connectivity index (χ2n) is 7.85. The Balaban J connectivity index is 1.66. The number of hydrogen-bond acceptors (Lipinski definition) is 13. The third kappa shape index (κ3) is 4.63. The van der Waals surface area contributed by atoms with Crippen LogP contribution in [0.5, 0.6) is 0 Å². The number of rotatable bonds is 6. The topological polar surface area (TPSA) is 211 Å². The zero-order chi connectivity index (χ0) is 22.2.